The van der Waals surface area contributed by atoms with Gasteiger partial charge in [-0.05, 0) is 36.5 Å². The minimum Gasteiger partial charge on any atom is -0.342 e. The van der Waals surface area contributed by atoms with Gasteiger partial charge < -0.3 is 15.5 Å². The summed E-state index contributed by atoms with van der Waals surface area (Å²) in [6.07, 6.45) is 2.38. The SMILES string of the molecule is NC1CCN(C(=O)C2CN(Cc3ccc4c(c3)CN(C3CCC(=O)NC3=O)C4=O)C2)CC1. The number of rotatable bonds is 4. The number of piperidine rings is 2. The van der Waals surface area contributed by atoms with Crippen LogP contribution in [0, 0.1) is 5.92 Å². The van der Waals surface area contributed by atoms with E-state index in [2.05, 4.69) is 10.2 Å². The molecule has 1 atom stereocenters. The fourth-order valence-corrected chi connectivity index (χ4v) is 5.22. The van der Waals surface area contributed by atoms with E-state index in [1.54, 1.807) is 4.90 Å². The molecule has 5 rings (SSSR count). The Morgan fingerprint density at radius 2 is 1.84 bits per heavy atom. The van der Waals surface area contributed by atoms with Crippen molar-refractivity contribution < 1.29 is 19.2 Å². The quantitative estimate of drug-likeness (QED) is 0.630. The number of fused-ring (bicyclic) bond motifs is 1. The average molecular weight is 440 g/mol. The molecule has 0 aliphatic carbocycles. The van der Waals surface area contributed by atoms with E-state index in [0.29, 0.717) is 18.5 Å². The maximum absolute atomic E-state index is 12.8. The summed E-state index contributed by atoms with van der Waals surface area (Å²) >= 11 is 0. The summed E-state index contributed by atoms with van der Waals surface area (Å²) < 4.78 is 0. The highest BCUT2D eigenvalue weighted by Gasteiger charge is 2.40. The lowest BCUT2D eigenvalue weighted by Gasteiger charge is -2.42. The van der Waals surface area contributed by atoms with Crippen molar-refractivity contribution in [3.63, 3.8) is 0 Å². The molecule has 9 nitrogen and oxygen atoms in total. The fourth-order valence-electron chi connectivity index (χ4n) is 5.22. The molecule has 170 valence electrons. The number of imide groups is 1. The molecule has 4 heterocycles. The Kier molecular flexibility index (Phi) is 5.46. The van der Waals surface area contributed by atoms with E-state index in [4.69, 9.17) is 5.73 Å². The summed E-state index contributed by atoms with van der Waals surface area (Å²) in [5.74, 6) is -0.532. The maximum Gasteiger partial charge on any atom is 0.255 e. The van der Waals surface area contributed by atoms with Gasteiger partial charge in [0.25, 0.3) is 5.91 Å². The van der Waals surface area contributed by atoms with E-state index in [9.17, 15) is 19.2 Å². The van der Waals surface area contributed by atoms with E-state index >= 15 is 0 Å². The van der Waals surface area contributed by atoms with Gasteiger partial charge in [-0.2, -0.15) is 0 Å². The molecule has 0 radical (unpaired) electrons. The molecule has 4 amide bonds. The average Bonchev–Trinajstić information content (AvgIpc) is 3.06. The summed E-state index contributed by atoms with van der Waals surface area (Å²) in [7, 11) is 0. The first kappa shape index (κ1) is 21.1. The predicted octanol–water partition coefficient (Wildman–Crippen LogP) is -0.171. The number of hydrogen-bond donors (Lipinski definition) is 2. The predicted molar refractivity (Wildman–Crippen MR) is 115 cm³/mol. The van der Waals surface area contributed by atoms with Crippen LogP contribution >= 0.6 is 0 Å². The standard InChI is InChI=1S/C23H29N5O4/c24-17-5-7-27(8-6-17)22(31)16-11-26(12-16)10-14-1-2-18-15(9-14)13-28(23(18)32)19-3-4-20(29)25-21(19)30/h1-2,9,16-17,19H,3-8,10-13,24H2,(H,25,29,30). The number of benzene rings is 1. The third-order valence-corrected chi connectivity index (χ3v) is 7.15. The monoisotopic (exact) mass is 439 g/mol. The summed E-state index contributed by atoms with van der Waals surface area (Å²) in [5, 5.41) is 2.33. The normalized spacial score (nSPS) is 25.0. The smallest absolute Gasteiger partial charge is 0.255 e. The number of hydrogen-bond acceptors (Lipinski definition) is 6. The molecular weight excluding hydrogens is 410 g/mol. The highest BCUT2D eigenvalue weighted by Crippen LogP contribution is 2.29. The molecule has 3 fully saturated rings. The lowest BCUT2D eigenvalue weighted by atomic mass is 9.95. The second kappa shape index (κ2) is 8.29. The molecule has 0 aromatic heterocycles. The third-order valence-electron chi connectivity index (χ3n) is 7.15. The van der Waals surface area contributed by atoms with Gasteiger partial charge in [0.2, 0.25) is 17.7 Å². The summed E-state index contributed by atoms with van der Waals surface area (Å²) in [6.45, 7) is 4.14. The van der Waals surface area contributed by atoms with Gasteiger partial charge in [-0.1, -0.05) is 12.1 Å². The molecular formula is C23H29N5O4. The van der Waals surface area contributed by atoms with Crippen LogP contribution in [-0.2, 0) is 27.5 Å². The van der Waals surface area contributed by atoms with Crippen LogP contribution in [0.5, 0.6) is 0 Å². The van der Waals surface area contributed by atoms with Crippen LogP contribution in [0.1, 0.15) is 47.2 Å². The minimum atomic E-state index is -0.595. The highest BCUT2D eigenvalue weighted by molar-refractivity contribution is 6.05. The molecule has 9 heteroatoms. The van der Waals surface area contributed by atoms with Crippen LogP contribution in [0.15, 0.2) is 18.2 Å². The van der Waals surface area contributed by atoms with Gasteiger partial charge in [-0.3, -0.25) is 29.4 Å². The van der Waals surface area contributed by atoms with Crippen LogP contribution in [0.3, 0.4) is 0 Å². The van der Waals surface area contributed by atoms with Gasteiger partial charge in [-0.25, -0.2) is 0 Å². The van der Waals surface area contributed by atoms with Gasteiger partial charge in [-0.15, -0.1) is 0 Å². The van der Waals surface area contributed by atoms with Gasteiger partial charge in [0, 0.05) is 57.3 Å². The zero-order valence-corrected chi connectivity index (χ0v) is 18.1. The van der Waals surface area contributed by atoms with Crippen LogP contribution in [0.4, 0.5) is 0 Å². The topological polar surface area (TPSA) is 116 Å². The molecule has 0 bridgehead atoms. The van der Waals surface area contributed by atoms with Crippen molar-refractivity contribution in [2.75, 3.05) is 26.2 Å². The molecule has 32 heavy (non-hydrogen) atoms. The maximum atomic E-state index is 12.8. The lowest BCUT2D eigenvalue weighted by molar-refractivity contribution is -0.142. The number of carbonyl (C=O) groups is 4. The zero-order valence-electron chi connectivity index (χ0n) is 18.1. The zero-order chi connectivity index (χ0) is 22.4. The lowest BCUT2D eigenvalue weighted by Crippen LogP contribution is -2.55. The first-order valence-corrected chi connectivity index (χ1v) is 11.4. The number of nitrogens with two attached hydrogens (primary N) is 1. The number of likely N-dealkylation sites (tertiary alicyclic amines) is 2. The minimum absolute atomic E-state index is 0.0587. The molecule has 3 N–H and O–H groups in total. The summed E-state index contributed by atoms with van der Waals surface area (Å²) in [4.78, 5) is 54.9. The molecule has 3 saturated heterocycles. The van der Waals surface area contributed by atoms with Crippen molar-refractivity contribution >= 4 is 23.6 Å². The van der Waals surface area contributed by atoms with E-state index in [1.165, 1.54) is 0 Å². The summed E-state index contributed by atoms with van der Waals surface area (Å²) in [5.41, 5.74) is 8.56. The van der Waals surface area contributed by atoms with E-state index in [1.807, 2.05) is 23.1 Å². The number of nitrogens with zero attached hydrogens (tertiary/aromatic N) is 3. The van der Waals surface area contributed by atoms with Crippen LogP contribution in [-0.4, -0.2) is 76.6 Å². The molecule has 1 aromatic carbocycles. The molecule has 4 aliphatic rings. The van der Waals surface area contributed by atoms with Crippen LogP contribution in [0.2, 0.25) is 0 Å². The Morgan fingerprint density at radius 3 is 2.56 bits per heavy atom. The second-order valence-electron chi connectivity index (χ2n) is 9.45. The second-order valence-corrected chi connectivity index (χ2v) is 9.45. The van der Waals surface area contributed by atoms with Gasteiger partial charge in [0.15, 0.2) is 0 Å². The largest absolute Gasteiger partial charge is 0.342 e. The van der Waals surface area contributed by atoms with Crippen molar-refractivity contribution in [2.45, 2.75) is 50.9 Å². The van der Waals surface area contributed by atoms with Crippen molar-refractivity contribution in [1.82, 2.24) is 20.0 Å². The first-order chi connectivity index (χ1) is 15.4. The molecule has 1 aromatic rings. The molecule has 1 unspecified atom stereocenters. The van der Waals surface area contributed by atoms with Gasteiger partial charge in [0.1, 0.15) is 6.04 Å². The first-order valence-electron chi connectivity index (χ1n) is 11.4. The van der Waals surface area contributed by atoms with Crippen molar-refractivity contribution in [3.05, 3.63) is 34.9 Å². The Morgan fingerprint density at radius 1 is 1.09 bits per heavy atom. The van der Waals surface area contributed by atoms with Gasteiger partial charge in [0.05, 0.1) is 5.92 Å². The van der Waals surface area contributed by atoms with E-state index in [-0.39, 0.29) is 36.1 Å². The molecule has 0 saturated carbocycles. The van der Waals surface area contributed by atoms with Crippen molar-refractivity contribution in [3.8, 4) is 0 Å². The molecule has 4 aliphatic heterocycles. The third kappa shape index (κ3) is 3.91. The number of amides is 4. The Bertz CT molecular complexity index is 965. The summed E-state index contributed by atoms with van der Waals surface area (Å²) in [6, 6.07) is 5.43. The van der Waals surface area contributed by atoms with E-state index in [0.717, 1.165) is 56.7 Å². The van der Waals surface area contributed by atoms with E-state index < -0.39 is 11.9 Å². The highest BCUT2D eigenvalue weighted by atomic mass is 16.2. The number of carbonyl (C=O) groups excluding carboxylic acids is 4. The Hall–Kier alpha value is -2.78. The van der Waals surface area contributed by atoms with Crippen molar-refractivity contribution in [1.29, 1.82) is 0 Å². The number of nitrogens with one attached hydrogen (secondary N) is 1. The van der Waals surface area contributed by atoms with Gasteiger partial charge >= 0.3 is 0 Å². The Labute approximate surface area is 186 Å². The Balaban J connectivity index is 1.16. The van der Waals surface area contributed by atoms with Crippen LogP contribution in [0.25, 0.3) is 0 Å². The molecule has 0 spiro atoms. The fraction of sp³-hybridized carbons (Fsp3) is 0.565. The van der Waals surface area contributed by atoms with Crippen LogP contribution < -0.4 is 11.1 Å². The van der Waals surface area contributed by atoms with Crippen molar-refractivity contribution in [2.24, 2.45) is 11.7 Å².